The Morgan fingerprint density at radius 3 is 2.79 bits per heavy atom. The molecule has 0 saturated heterocycles. The van der Waals surface area contributed by atoms with E-state index in [0.29, 0.717) is 6.07 Å². The normalized spacial score (nSPS) is 11.8. The average molecular weight is 340 g/mol. The molecule has 128 valence electrons. The van der Waals surface area contributed by atoms with Gasteiger partial charge >= 0.3 is 5.97 Å². The van der Waals surface area contributed by atoms with Crippen LogP contribution in [0.2, 0.25) is 0 Å². The monoisotopic (exact) mass is 340 g/mol. The largest absolute Gasteiger partial charge is 0.488 e. The lowest BCUT2D eigenvalue weighted by atomic mass is 10.3. The van der Waals surface area contributed by atoms with Crippen LogP contribution in [-0.2, 0) is 11.3 Å². The van der Waals surface area contributed by atoms with E-state index in [2.05, 4.69) is 15.6 Å². The maximum Gasteiger partial charge on any atom is 0.358 e. The summed E-state index contributed by atoms with van der Waals surface area (Å²) in [6.45, 7) is 1.37. The van der Waals surface area contributed by atoms with Crippen LogP contribution in [0.5, 0.6) is 5.75 Å². The molecule has 0 aliphatic carbocycles. The Morgan fingerprint density at radius 1 is 1.42 bits per heavy atom. The fourth-order valence-corrected chi connectivity index (χ4v) is 1.79. The Kier molecular flexibility index (Phi) is 5.40. The van der Waals surface area contributed by atoms with Gasteiger partial charge in [0.15, 0.2) is 17.3 Å². The number of nitrogens with zero attached hydrogens (tertiary/aromatic N) is 3. The maximum atomic E-state index is 13.4. The van der Waals surface area contributed by atoms with E-state index in [-0.39, 0.29) is 24.6 Å². The van der Waals surface area contributed by atoms with Gasteiger partial charge in [-0.05, 0) is 19.1 Å². The molecule has 0 radical (unpaired) electrons. The smallest absolute Gasteiger partial charge is 0.358 e. The van der Waals surface area contributed by atoms with Crippen molar-refractivity contribution >= 4 is 11.9 Å². The Labute approximate surface area is 135 Å². The summed E-state index contributed by atoms with van der Waals surface area (Å²) in [4.78, 5) is 22.5. The number of amides is 1. The fraction of sp³-hybridized carbons (Fsp3) is 0.286. The van der Waals surface area contributed by atoms with Crippen LogP contribution in [0.15, 0.2) is 24.4 Å². The van der Waals surface area contributed by atoms with Crippen molar-refractivity contribution in [1.82, 2.24) is 20.3 Å². The van der Waals surface area contributed by atoms with Crippen molar-refractivity contribution in [2.24, 2.45) is 0 Å². The van der Waals surface area contributed by atoms with Crippen LogP contribution in [-0.4, -0.2) is 44.6 Å². The fourth-order valence-electron chi connectivity index (χ4n) is 1.79. The lowest BCUT2D eigenvalue weighted by molar-refractivity contribution is -0.122. The summed E-state index contributed by atoms with van der Waals surface area (Å²) in [5.41, 5.74) is -0.272. The highest BCUT2D eigenvalue weighted by molar-refractivity contribution is 5.84. The topological polar surface area (TPSA) is 106 Å². The van der Waals surface area contributed by atoms with E-state index >= 15 is 0 Å². The second-order valence-electron chi connectivity index (χ2n) is 4.96. The van der Waals surface area contributed by atoms with E-state index in [0.717, 1.165) is 23.0 Å². The number of carbonyl (C=O) groups is 2. The van der Waals surface area contributed by atoms with Gasteiger partial charge in [0.2, 0.25) is 5.91 Å². The highest BCUT2D eigenvalue weighted by Gasteiger charge is 2.13. The van der Waals surface area contributed by atoms with E-state index < -0.39 is 29.6 Å². The summed E-state index contributed by atoms with van der Waals surface area (Å²) < 4.78 is 32.4. The second kappa shape index (κ2) is 7.49. The Balaban J connectivity index is 1.81. The molecule has 1 atom stereocenters. The van der Waals surface area contributed by atoms with Crippen LogP contribution < -0.4 is 10.1 Å². The van der Waals surface area contributed by atoms with Crippen LogP contribution in [0.1, 0.15) is 17.4 Å². The van der Waals surface area contributed by atoms with Crippen LogP contribution in [0.3, 0.4) is 0 Å². The number of aromatic nitrogens is 3. The van der Waals surface area contributed by atoms with E-state index in [1.165, 1.54) is 0 Å². The van der Waals surface area contributed by atoms with Crippen molar-refractivity contribution < 1.29 is 28.2 Å². The molecular weight excluding hydrogens is 326 g/mol. The van der Waals surface area contributed by atoms with E-state index in [1.54, 1.807) is 6.92 Å². The molecule has 2 rings (SSSR count). The van der Waals surface area contributed by atoms with Crippen molar-refractivity contribution in [2.45, 2.75) is 19.5 Å². The van der Waals surface area contributed by atoms with Crippen molar-refractivity contribution in [3.63, 3.8) is 0 Å². The summed E-state index contributed by atoms with van der Waals surface area (Å²) >= 11 is 0. The lowest BCUT2D eigenvalue weighted by Crippen LogP contribution is -2.38. The number of aromatic carboxylic acids is 1. The third kappa shape index (κ3) is 4.73. The first-order chi connectivity index (χ1) is 11.3. The number of halogens is 2. The van der Waals surface area contributed by atoms with Gasteiger partial charge in [0.1, 0.15) is 19.0 Å². The van der Waals surface area contributed by atoms with Gasteiger partial charge in [-0.2, -0.15) is 0 Å². The van der Waals surface area contributed by atoms with Crippen molar-refractivity contribution in [2.75, 3.05) is 6.61 Å². The van der Waals surface area contributed by atoms with E-state index in [9.17, 15) is 18.4 Å². The van der Waals surface area contributed by atoms with Crippen molar-refractivity contribution in [3.05, 3.63) is 41.7 Å². The number of ether oxygens (including phenoxy) is 1. The Hall–Kier alpha value is -3.04. The third-order valence-corrected chi connectivity index (χ3v) is 2.85. The number of carboxylic acid groups (broad SMARTS) is 1. The molecule has 0 fully saturated rings. The van der Waals surface area contributed by atoms with Crippen LogP contribution >= 0.6 is 0 Å². The summed E-state index contributed by atoms with van der Waals surface area (Å²) in [6, 6.07) is 2.45. The second-order valence-corrected chi connectivity index (χ2v) is 4.96. The number of carbonyl (C=O) groups excluding carboxylic acids is 1. The molecule has 0 aliphatic heterocycles. The van der Waals surface area contributed by atoms with E-state index in [4.69, 9.17) is 9.84 Å². The molecule has 0 spiro atoms. The molecule has 0 bridgehead atoms. The molecule has 8 nitrogen and oxygen atoms in total. The van der Waals surface area contributed by atoms with Gasteiger partial charge in [0.25, 0.3) is 0 Å². The molecule has 2 N–H and O–H groups in total. The number of nitrogens with one attached hydrogen (secondary N) is 1. The SMILES string of the molecule is CC(COc1ccc(F)cc1F)NC(=O)Cn1cc(C(=O)O)nn1. The molecule has 1 amide bonds. The first-order valence-corrected chi connectivity index (χ1v) is 6.86. The standard InChI is InChI=1S/C14H14F2N4O4/c1-8(7-24-12-3-2-9(15)4-10(12)16)17-13(21)6-20-5-11(14(22)23)18-19-20/h2-5,8H,6-7H2,1H3,(H,17,21)(H,22,23). The lowest BCUT2D eigenvalue weighted by Gasteiger charge is -2.15. The minimum absolute atomic E-state index is 0.0357. The van der Waals surface area contributed by atoms with Gasteiger partial charge in [-0.1, -0.05) is 5.21 Å². The summed E-state index contributed by atoms with van der Waals surface area (Å²) in [6.07, 6.45) is 1.12. The number of hydrogen-bond donors (Lipinski definition) is 2. The van der Waals surface area contributed by atoms with Gasteiger partial charge in [-0.25, -0.2) is 18.3 Å². The van der Waals surface area contributed by atoms with Gasteiger partial charge in [0, 0.05) is 6.07 Å². The van der Waals surface area contributed by atoms with Gasteiger partial charge < -0.3 is 15.2 Å². The first kappa shape index (κ1) is 17.3. The number of hydrogen-bond acceptors (Lipinski definition) is 5. The highest BCUT2D eigenvalue weighted by atomic mass is 19.1. The molecule has 1 heterocycles. The third-order valence-electron chi connectivity index (χ3n) is 2.85. The average Bonchev–Trinajstić information content (AvgIpc) is 2.94. The molecular formula is C14H14F2N4O4. The van der Waals surface area contributed by atoms with Crippen LogP contribution in [0.25, 0.3) is 0 Å². The maximum absolute atomic E-state index is 13.4. The zero-order valence-corrected chi connectivity index (χ0v) is 12.6. The molecule has 2 aromatic rings. The Morgan fingerprint density at radius 2 is 2.17 bits per heavy atom. The quantitative estimate of drug-likeness (QED) is 0.773. The molecule has 10 heteroatoms. The number of benzene rings is 1. The molecule has 1 unspecified atom stereocenters. The zero-order chi connectivity index (χ0) is 17.7. The molecule has 0 saturated carbocycles. The predicted molar refractivity (Wildman–Crippen MR) is 76.4 cm³/mol. The minimum Gasteiger partial charge on any atom is -0.488 e. The first-order valence-electron chi connectivity index (χ1n) is 6.86. The molecule has 1 aromatic heterocycles. The van der Waals surface area contributed by atoms with Crippen molar-refractivity contribution in [1.29, 1.82) is 0 Å². The number of carboxylic acids is 1. The summed E-state index contributed by atoms with van der Waals surface area (Å²) in [5, 5.41) is 18.2. The summed E-state index contributed by atoms with van der Waals surface area (Å²) in [5.74, 6) is -3.37. The zero-order valence-electron chi connectivity index (χ0n) is 12.6. The Bertz CT molecular complexity index is 750. The molecule has 0 aliphatic rings. The van der Waals surface area contributed by atoms with Gasteiger partial charge in [-0.3, -0.25) is 4.79 Å². The van der Waals surface area contributed by atoms with Gasteiger partial charge in [0.05, 0.1) is 12.2 Å². The van der Waals surface area contributed by atoms with Crippen LogP contribution in [0.4, 0.5) is 8.78 Å². The van der Waals surface area contributed by atoms with Crippen molar-refractivity contribution in [3.8, 4) is 5.75 Å². The predicted octanol–water partition coefficient (Wildman–Crippen LogP) is 0.838. The minimum atomic E-state index is -1.25. The van der Waals surface area contributed by atoms with Crippen LogP contribution in [0, 0.1) is 11.6 Å². The van der Waals surface area contributed by atoms with E-state index in [1.807, 2.05) is 0 Å². The van der Waals surface area contributed by atoms with Gasteiger partial charge in [-0.15, -0.1) is 5.10 Å². The molecule has 24 heavy (non-hydrogen) atoms. The number of rotatable bonds is 7. The summed E-state index contributed by atoms with van der Waals surface area (Å²) in [7, 11) is 0. The highest BCUT2D eigenvalue weighted by Crippen LogP contribution is 2.17. The molecule has 1 aromatic carbocycles.